The Morgan fingerprint density at radius 2 is 2.11 bits per heavy atom. The summed E-state index contributed by atoms with van der Waals surface area (Å²) < 4.78 is 1.50. The maximum atomic E-state index is 11.7. The zero-order valence-electron chi connectivity index (χ0n) is 10.8. The number of hydrogen-bond acceptors (Lipinski definition) is 4. The number of aryl methyl sites for hydroxylation is 1. The number of anilines is 1. The number of nitrogens with one attached hydrogen (secondary N) is 1. The molecule has 104 valence electrons. The van der Waals surface area contributed by atoms with E-state index in [2.05, 4.69) is 5.32 Å². The minimum absolute atomic E-state index is 0.138. The third-order valence-electron chi connectivity index (χ3n) is 2.47. The van der Waals surface area contributed by atoms with Crippen LogP contribution in [0, 0.1) is 0 Å². The molecule has 7 nitrogen and oxygen atoms in total. The van der Waals surface area contributed by atoms with Crippen LogP contribution in [-0.4, -0.2) is 22.4 Å². The Morgan fingerprint density at radius 3 is 2.68 bits per heavy atom. The Labute approximate surface area is 110 Å². The third kappa shape index (κ3) is 4.55. The molecule has 1 heterocycles. The molecule has 0 spiro atoms. The van der Waals surface area contributed by atoms with E-state index < -0.39 is 17.9 Å². The van der Waals surface area contributed by atoms with E-state index in [4.69, 9.17) is 11.5 Å². The van der Waals surface area contributed by atoms with Gasteiger partial charge in [0.2, 0.25) is 11.8 Å². The van der Waals surface area contributed by atoms with Gasteiger partial charge >= 0.3 is 0 Å². The number of rotatable bonds is 6. The van der Waals surface area contributed by atoms with Gasteiger partial charge in [0, 0.05) is 18.8 Å². The Morgan fingerprint density at radius 1 is 1.42 bits per heavy atom. The van der Waals surface area contributed by atoms with E-state index in [0.29, 0.717) is 12.2 Å². The number of primary amides is 1. The number of carbonyl (C=O) groups excluding carboxylic acids is 2. The summed E-state index contributed by atoms with van der Waals surface area (Å²) in [5, 5.41) is 2.54. The minimum atomic E-state index is -0.996. The highest BCUT2D eigenvalue weighted by Gasteiger charge is 2.16. The fraction of sp³-hybridized carbons (Fsp3) is 0.417. The molecule has 0 aromatic carbocycles. The monoisotopic (exact) mass is 266 g/mol. The van der Waals surface area contributed by atoms with Gasteiger partial charge in [-0.15, -0.1) is 0 Å². The Balaban J connectivity index is 2.76. The number of nitrogens with two attached hydrogens (primary N) is 2. The van der Waals surface area contributed by atoms with Crippen LogP contribution in [0.5, 0.6) is 0 Å². The van der Waals surface area contributed by atoms with Gasteiger partial charge in [-0.1, -0.05) is 6.92 Å². The molecular formula is C12H18N4O3. The first-order valence-corrected chi connectivity index (χ1v) is 5.99. The smallest absolute Gasteiger partial charge is 0.250 e. The van der Waals surface area contributed by atoms with Gasteiger partial charge in [-0.3, -0.25) is 14.4 Å². The zero-order valence-corrected chi connectivity index (χ0v) is 10.8. The minimum Gasteiger partial charge on any atom is -0.370 e. The van der Waals surface area contributed by atoms with E-state index in [-0.39, 0.29) is 12.0 Å². The van der Waals surface area contributed by atoms with Crippen LogP contribution >= 0.6 is 0 Å². The van der Waals surface area contributed by atoms with Crippen molar-refractivity contribution >= 4 is 17.5 Å². The second kappa shape index (κ2) is 6.69. The standard InChI is InChI=1S/C12H18N4O3/c1-2-5-16-7-8(3-4-11(16)18)15-12(19)9(13)6-10(14)17/h3-4,7,9H,2,5-6,13H2,1H3,(H2,14,17)(H,15,19). The number of carbonyl (C=O) groups is 2. The van der Waals surface area contributed by atoms with Crippen LogP contribution < -0.4 is 22.3 Å². The lowest BCUT2D eigenvalue weighted by Gasteiger charge is -2.12. The maximum Gasteiger partial charge on any atom is 0.250 e. The summed E-state index contributed by atoms with van der Waals surface area (Å²) in [6.07, 6.45) is 2.12. The molecular weight excluding hydrogens is 248 g/mol. The van der Waals surface area contributed by atoms with Gasteiger partial charge < -0.3 is 21.4 Å². The Kier molecular flexibility index (Phi) is 5.25. The molecule has 19 heavy (non-hydrogen) atoms. The van der Waals surface area contributed by atoms with Crippen molar-refractivity contribution in [1.82, 2.24) is 4.57 Å². The van der Waals surface area contributed by atoms with Crippen LogP contribution in [0.25, 0.3) is 0 Å². The first kappa shape index (κ1) is 14.9. The van der Waals surface area contributed by atoms with Crippen LogP contribution in [-0.2, 0) is 16.1 Å². The molecule has 2 amide bonds. The van der Waals surface area contributed by atoms with Crippen molar-refractivity contribution in [2.75, 3.05) is 5.32 Å². The summed E-state index contributed by atoms with van der Waals surface area (Å²) in [5.74, 6) is -1.15. The maximum absolute atomic E-state index is 11.7. The van der Waals surface area contributed by atoms with Crippen molar-refractivity contribution in [3.05, 3.63) is 28.7 Å². The van der Waals surface area contributed by atoms with E-state index in [0.717, 1.165) is 6.42 Å². The second-order valence-electron chi connectivity index (χ2n) is 4.22. The Hall–Kier alpha value is -2.15. The number of aromatic nitrogens is 1. The van der Waals surface area contributed by atoms with Crippen molar-refractivity contribution in [2.24, 2.45) is 11.5 Å². The molecule has 0 bridgehead atoms. The van der Waals surface area contributed by atoms with Gasteiger partial charge in [0.25, 0.3) is 5.56 Å². The van der Waals surface area contributed by atoms with E-state index in [1.807, 2.05) is 6.92 Å². The Bertz CT molecular complexity index is 524. The average Bonchev–Trinajstić information content (AvgIpc) is 2.32. The lowest BCUT2D eigenvalue weighted by Crippen LogP contribution is -2.39. The highest BCUT2D eigenvalue weighted by atomic mass is 16.2. The highest BCUT2D eigenvalue weighted by molar-refractivity contribution is 5.97. The molecule has 1 aromatic heterocycles. The molecule has 1 aromatic rings. The molecule has 5 N–H and O–H groups in total. The highest BCUT2D eigenvalue weighted by Crippen LogP contribution is 2.05. The first-order chi connectivity index (χ1) is 8.93. The topological polar surface area (TPSA) is 120 Å². The summed E-state index contributed by atoms with van der Waals surface area (Å²) in [6.45, 7) is 2.51. The number of pyridine rings is 1. The van der Waals surface area contributed by atoms with Crippen molar-refractivity contribution in [2.45, 2.75) is 32.4 Å². The van der Waals surface area contributed by atoms with Gasteiger partial charge in [-0.2, -0.15) is 0 Å². The lowest BCUT2D eigenvalue weighted by atomic mass is 10.2. The van der Waals surface area contributed by atoms with Crippen LogP contribution in [0.4, 0.5) is 5.69 Å². The van der Waals surface area contributed by atoms with Gasteiger partial charge in [0.15, 0.2) is 0 Å². The third-order valence-corrected chi connectivity index (χ3v) is 2.47. The first-order valence-electron chi connectivity index (χ1n) is 5.99. The van der Waals surface area contributed by atoms with Crippen molar-refractivity contribution in [3.8, 4) is 0 Å². The van der Waals surface area contributed by atoms with Crippen LogP contribution in [0.3, 0.4) is 0 Å². The van der Waals surface area contributed by atoms with Gasteiger partial charge in [-0.05, 0) is 12.5 Å². The van der Waals surface area contributed by atoms with E-state index in [1.54, 1.807) is 6.20 Å². The molecule has 1 atom stereocenters. The van der Waals surface area contributed by atoms with Crippen LogP contribution in [0.1, 0.15) is 19.8 Å². The predicted molar refractivity (Wildman–Crippen MR) is 71.4 cm³/mol. The van der Waals surface area contributed by atoms with Crippen molar-refractivity contribution < 1.29 is 9.59 Å². The van der Waals surface area contributed by atoms with E-state index >= 15 is 0 Å². The number of nitrogens with zero attached hydrogens (tertiary/aromatic N) is 1. The number of amides is 2. The summed E-state index contributed by atoms with van der Waals surface area (Å²) in [6, 6.07) is 1.86. The number of hydrogen-bond donors (Lipinski definition) is 3. The molecule has 0 fully saturated rings. The van der Waals surface area contributed by atoms with Gasteiger partial charge in [-0.25, -0.2) is 0 Å². The largest absolute Gasteiger partial charge is 0.370 e. The predicted octanol–water partition coefficient (Wildman–Crippen LogP) is -0.600. The van der Waals surface area contributed by atoms with Crippen molar-refractivity contribution in [1.29, 1.82) is 0 Å². The molecule has 7 heteroatoms. The summed E-state index contributed by atoms with van der Waals surface area (Å²) >= 11 is 0. The van der Waals surface area contributed by atoms with Gasteiger partial charge in [0.1, 0.15) is 0 Å². The van der Waals surface area contributed by atoms with Crippen LogP contribution in [0.2, 0.25) is 0 Å². The molecule has 1 rings (SSSR count). The lowest BCUT2D eigenvalue weighted by molar-refractivity contribution is -0.123. The average molecular weight is 266 g/mol. The molecule has 0 aliphatic heterocycles. The molecule has 0 saturated heterocycles. The molecule has 1 unspecified atom stereocenters. The summed E-state index contributed by atoms with van der Waals surface area (Å²) in [4.78, 5) is 33.8. The zero-order chi connectivity index (χ0) is 14.4. The second-order valence-corrected chi connectivity index (χ2v) is 4.22. The fourth-order valence-electron chi connectivity index (χ4n) is 1.57. The van der Waals surface area contributed by atoms with E-state index in [9.17, 15) is 14.4 Å². The van der Waals surface area contributed by atoms with Crippen molar-refractivity contribution in [3.63, 3.8) is 0 Å². The van der Waals surface area contributed by atoms with Crippen LogP contribution in [0.15, 0.2) is 23.1 Å². The van der Waals surface area contributed by atoms with Gasteiger partial charge in [0.05, 0.1) is 18.2 Å². The summed E-state index contributed by atoms with van der Waals surface area (Å²) in [5.41, 5.74) is 10.8. The summed E-state index contributed by atoms with van der Waals surface area (Å²) in [7, 11) is 0. The quantitative estimate of drug-likeness (QED) is 0.636. The SMILES string of the molecule is CCCn1cc(NC(=O)C(N)CC(N)=O)ccc1=O. The molecule has 0 radical (unpaired) electrons. The van der Waals surface area contributed by atoms with E-state index in [1.165, 1.54) is 16.7 Å². The molecule has 0 aliphatic rings. The normalized spacial score (nSPS) is 11.9. The fourth-order valence-corrected chi connectivity index (χ4v) is 1.57. The molecule has 0 aliphatic carbocycles. The molecule has 0 saturated carbocycles.